The molecule has 0 amide bonds. The number of aromatic nitrogens is 3. The highest BCUT2D eigenvalue weighted by Crippen LogP contribution is 2.11. The Kier molecular flexibility index (Phi) is 4.74. The minimum absolute atomic E-state index is 0.261. The third-order valence-electron chi connectivity index (χ3n) is 2.92. The van der Waals surface area contributed by atoms with Gasteiger partial charge in [0.25, 0.3) is 5.89 Å². The van der Waals surface area contributed by atoms with Crippen LogP contribution < -0.4 is 10.1 Å². The lowest BCUT2D eigenvalue weighted by atomic mass is 10.3. The first-order valence-corrected chi connectivity index (χ1v) is 7.00. The zero-order valence-electron chi connectivity index (χ0n) is 12.0. The van der Waals surface area contributed by atoms with Gasteiger partial charge in [-0.2, -0.15) is 0 Å². The summed E-state index contributed by atoms with van der Waals surface area (Å²) in [6.07, 6.45) is 1.77. The highest BCUT2D eigenvalue weighted by Gasteiger charge is 2.06. The number of nitrogens with zero attached hydrogens (tertiary/aromatic N) is 3. The van der Waals surface area contributed by atoms with E-state index in [1.54, 1.807) is 6.20 Å². The van der Waals surface area contributed by atoms with Gasteiger partial charge in [-0.15, -0.1) is 10.2 Å². The molecule has 0 aliphatic heterocycles. The van der Waals surface area contributed by atoms with Crippen LogP contribution in [0.2, 0.25) is 0 Å². The zero-order chi connectivity index (χ0) is 15.0. The summed E-state index contributed by atoms with van der Waals surface area (Å²) in [4.78, 5) is 4.23. The van der Waals surface area contributed by atoms with Gasteiger partial charge in [-0.05, 0) is 24.3 Å². The molecule has 2 heterocycles. The predicted molar refractivity (Wildman–Crippen MR) is 79.9 cm³/mol. The molecule has 0 radical (unpaired) electrons. The Labute approximate surface area is 128 Å². The number of rotatable bonds is 7. The Morgan fingerprint density at radius 3 is 2.55 bits per heavy atom. The molecule has 0 spiro atoms. The van der Waals surface area contributed by atoms with Crippen molar-refractivity contribution in [2.75, 3.05) is 0 Å². The van der Waals surface area contributed by atoms with Crippen molar-refractivity contribution in [3.63, 3.8) is 0 Å². The van der Waals surface area contributed by atoms with Crippen molar-refractivity contribution in [2.24, 2.45) is 0 Å². The molecule has 0 unspecified atom stereocenters. The van der Waals surface area contributed by atoms with Crippen LogP contribution in [0.1, 0.15) is 17.5 Å². The van der Waals surface area contributed by atoms with Gasteiger partial charge in [0.05, 0.1) is 12.2 Å². The molecule has 2 aromatic heterocycles. The number of hydrogen-bond donors (Lipinski definition) is 1. The van der Waals surface area contributed by atoms with Gasteiger partial charge in [-0.3, -0.25) is 4.98 Å². The fourth-order valence-corrected chi connectivity index (χ4v) is 1.88. The predicted octanol–water partition coefficient (Wildman–Crippen LogP) is 2.33. The second-order valence-corrected chi connectivity index (χ2v) is 4.62. The molecule has 6 nitrogen and oxygen atoms in total. The topological polar surface area (TPSA) is 73.1 Å². The van der Waals surface area contributed by atoms with E-state index >= 15 is 0 Å². The van der Waals surface area contributed by atoms with E-state index in [0.717, 1.165) is 11.4 Å². The summed E-state index contributed by atoms with van der Waals surface area (Å²) in [5.41, 5.74) is 0.967. The van der Waals surface area contributed by atoms with Crippen LogP contribution >= 0.6 is 0 Å². The molecule has 1 aromatic carbocycles. The summed E-state index contributed by atoms with van der Waals surface area (Å²) >= 11 is 0. The SMILES string of the molecule is c1ccc(OCc2nnc(CNCc3ccccn3)o2)cc1. The van der Waals surface area contributed by atoms with E-state index in [2.05, 4.69) is 20.5 Å². The lowest BCUT2D eigenvalue weighted by Gasteiger charge is -2.02. The fourth-order valence-electron chi connectivity index (χ4n) is 1.88. The van der Waals surface area contributed by atoms with Crippen molar-refractivity contribution < 1.29 is 9.15 Å². The summed E-state index contributed by atoms with van der Waals surface area (Å²) in [7, 11) is 0. The van der Waals surface area contributed by atoms with E-state index in [4.69, 9.17) is 9.15 Å². The van der Waals surface area contributed by atoms with Crippen LogP contribution in [0.3, 0.4) is 0 Å². The first-order chi connectivity index (χ1) is 10.9. The lowest BCUT2D eigenvalue weighted by Crippen LogP contribution is -2.13. The van der Waals surface area contributed by atoms with Gasteiger partial charge in [0.15, 0.2) is 6.61 Å². The molecule has 6 heteroatoms. The number of pyridine rings is 1. The first-order valence-electron chi connectivity index (χ1n) is 7.00. The average Bonchev–Trinajstić information content (AvgIpc) is 3.03. The van der Waals surface area contributed by atoms with Crippen LogP contribution in [0.25, 0.3) is 0 Å². The molecule has 0 fully saturated rings. The third-order valence-corrected chi connectivity index (χ3v) is 2.92. The van der Waals surface area contributed by atoms with E-state index in [-0.39, 0.29) is 6.61 Å². The highest BCUT2D eigenvalue weighted by atomic mass is 16.5. The minimum atomic E-state index is 0.261. The number of hydrogen-bond acceptors (Lipinski definition) is 6. The maximum absolute atomic E-state index is 5.55. The molecule has 3 rings (SSSR count). The smallest absolute Gasteiger partial charge is 0.253 e. The van der Waals surface area contributed by atoms with Crippen LogP contribution in [-0.2, 0) is 19.7 Å². The van der Waals surface area contributed by atoms with Crippen molar-refractivity contribution in [1.82, 2.24) is 20.5 Å². The standard InChI is InChI=1S/C16H16N4O2/c1-2-7-14(8-3-1)21-12-16-20-19-15(22-16)11-17-10-13-6-4-5-9-18-13/h1-9,17H,10-12H2. The van der Waals surface area contributed by atoms with Crippen LogP contribution in [0.5, 0.6) is 5.75 Å². The Hall–Kier alpha value is -2.73. The van der Waals surface area contributed by atoms with E-state index < -0.39 is 0 Å². The second kappa shape index (κ2) is 7.33. The summed E-state index contributed by atoms with van der Waals surface area (Å²) in [6, 6.07) is 15.3. The maximum atomic E-state index is 5.55. The zero-order valence-corrected chi connectivity index (χ0v) is 12.0. The maximum Gasteiger partial charge on any atom is 0.253 e. The van der Waals surface area contributed by atoms with Gasteiger partial charge in [0, 0.05) is 12.7 Å². The van der Waals surface area contributed by atoms with Gasteiger partial charge in [0.1, 0.15) is 5.75 Å². The van der Waals surface area contributed by atoms with Crippen LogP contribution in [0.4, 0.5) is 0 Å². The van der Waals surface area contributed by atoms with Gasteiger partial charge in [-0.1, -0.05) is 24.3 Å². The van der Waals surface area contributed by atoms with Crippen molar-refractivity contribution in [3.05, 3.63) is 72.2 Å². The van der Waals surface area contributed by atoms with Gasteiger partial charge in [-0.25, -0.2) is 0 Å². The normalized spacial score (nSPS) is 10.5. The van der Waals surface area contributed by atoms with Crippen molar-refractivity contribution in [2.45, 2.75) is 19.7 Å². The Bertz CT molecular complexity index is 686. The van der Waals surface area contributed by atoms with Crippen molar-refractivity contribution in [3.8, 4) is 5.75 Å². The summed E-state index contributed by atoms with van der Waals surface area (Å²) in [5.74, 6) is 1.76. The molecule has 0 saturated heterocycles. The molecule has 3 aromatic rings. The summed E-state index contributed by atoms with van der Waals surface area (Å²) in [6.45, 7) is 1.41. The van der Waals surface area contributed by atoms with E-state index in [1.165, 1.54) is 0 Å². The van der Waals surface area contributed by atoms with Crippen LogP contribution in [-0.4, -0.2) is 15.2 Å². The molecular formula is C16H16N4O2. The lowest BCUT2D eigenvalue weighted by molar-refractivity contribution is 0.258. The molecule has 1 N–H and O–H groups in total. The molecule has 0 aliphatic carbocycles. The van der Waals surface area contributed by atoms with Crippen molar-refractivity contribution >= 4 is 0 Å². The van der Waals surface area contributed by atoms with Gasteiger partial charge < -0.3 is 14.5 Å². The van der Waals surface area contributed by atoms with Crippen LogP contribution in [0.15, 0.2) is 59.1 Å². The highest BCUT2D eigenvalue weighted by molar-refractivity contribution is 5.20. The monoisotopic (exact) mass is 296 g/mol. The average molecular weight is 296 g/mol. The molecular weight excluding hydrogens is 280 g/mol. The molecule has 112 valence electrons. The molecule has 0 aliphatic rings. The van der Waals surface area contributed by atoms with Gasteiger partial charge in [0.2, 0.25) is 5.89 Å². The van der Waals surface area contributed by atoms with Crippen LogP contribution in [0, 0.1) is 0 Å². The summed E-state index contributed by atoms with van der Waals surface area (Å²) < 4.78 is 11.1. The largest absolute Gasteiger partial charge is 0.484 e. The molecule has 0 saturated carbocycles. The Morgan fingerprint density at radius 2 is 1.73 bits per heavy atom. The minimum Gasteiger partial charge on any atom is -0.484 e. The summed E-state index contributed by atoms with van der Waals surface area (Å²) in [5, 5.41) is 11.1. The number of ether oxygens (including phenoxy) is 1. The number of benzene rings is 1. The number of para-hydroxylation sites is 1. The third kappa shape index (κ3) is 4.13. The Balaban J connectivity index is 1.45. The van der Waals surface area contributed by atoms with E-state index in [0.29, 0.717) is 24.9 Å². The second-order valence-electron chi connectivity index (χ2n) is 4.62. The van der Waals surface area contributed by atoms with Gasteiger partial charge >= 0.3 is 0 Å². The Morgan fingerprint density at radius 1 is 0.909 bits per heavy atom. The van der Waals surface area contributed by atoms with E-state index in [1.807, 2.05) is 48.5 Å². The molecule has 0 atom stereocenters. The molecule has 22 heavy (non-hydrogen) atoms. The quantitative estimate of drug-likeness (QED) is 0.721. The fraction of sp³-hybridized carbons (Fsp3) is 0.188. The first kappa shape index (κ1) is 14.2. The number of nitrogens with one attached hydrogen (secondary N) is 1. The van der Waals surface area contributed by atoms with Crippen molar-refractivity contribution in [1.29, 1.82) is 0 Å². The molecule has 0 bridgehead atoms. The van der Waals surface area contributed by atoms with E-state index in [9.17, 15) is 0 Å².